The van der Waals surface area contributed by atoms with Gasteiger partial charge in [0.05, 0.1) is 22.6 Å². The number of carbonyl (C=O) groups excluding carboxylic acids is 1. The number of anilines is 2. The van der Waals surface area contributed by atoms with Crippen LogP contribution in [0.3, 0.4) is 0 Å². The number of nitrogens with zero attached hydrogens (tertiary/aromatic N) is 4. The second-order valence-corrected chi connectivity index (χ2v) is 8.83. The lowest BCUT2D eigenvalue weighted by Crippen LogP contribution is -2.28. The van der Waals surface area contributed by atoms with Gasteiger partial charge in [-0.05, 0) is 42.3 Å². The van der Waals surface area contributed by atoms with Crippen molar-refractivity contribution in [2.75, 3.05) is 11.1 Å². The highest BCUT2D eigenvalue weighted by molar-refractivity contribution is 6.00. The molecule has 3 heterocycles. The number of fused-ring (bicyclic) bond motifs is 1. The molecular weight excluding hydrogens is 502 g/mol. The molecule has 0 aliphatic rings. The maximum atomic E-state index is 15.2. The predicted molar refractivity (Wildman–Crippen MR) is 142 cm³/mol. The van der Waals surface area contributed by atoms with E-state index in [-0.39, 0.29) is 35.1 Å². The summed E-state index contributed by atoms with van der Waals surface area (Å²) in [5.74, 6) is -0.854. The summed E-state index contributed by atoms with van der Waals surface area (Å²) in [6.45, 7) is 1.92. The van der Waals surface area contributed by atoms with Crippen LogP contribution >= 0.6 is 0 Å². The number of nitriles is 1. The first-order valence-electron chi connectivity index (χ1n) is 11.9. The van der Waals surface area contributed by atoms with E-state index in [0.717, 1.165) is 0 Å². The van der Waals surface area contributed by atoms with Crippen LogP contribution in [0, 0.1) is 23.0 Å². The van der Waals surface area contributed by atoms with Gasteiger partial charge in [0.25, 0.3) is 5.91 Å². The average molecular weight is 525 g/mol. The zero-order valence-electron chi connectivity index (χ0n) is 20.7. The lowest BCUT2D eigenvalue weighted by molar-refractivity contribution is 0.0940. The number of carbonyl (C=O) groups is 1. The molecule has 9 nitrogen and oxygen atoms in total. The fourth-order valence-corrected chi connectivity index (χ4v) is 4.22. The third-order valence-corrected chi connectivity index (χ3v) is 6.26. The van der Waals surface area contributed by atoms with E-state index in [4.69, 9.17) is 5.73 Å². The van der Waals surface area contributed by atoms with Crippen LogP contribution in [-0.4, -0.2) is 25.8 Å². The van der Waals surface area contributed by atoms with Crippen LogP contribution in [0.5, 0.6) is 0 Å². The number of hydrogen-bond acceptors (Lipinski definition) is 7. The molecule has 0 aliphatic heterocycles. The summed E-state index contributed by atoms with van der Waals surface area (Å²) in [5.41, 5.74) is 9.02. The minimum Gasteiger partial charge on any atom is -0.383 e. The third kappa shape index (κ3) is 5.21. The minimum atomic E-state index is -0.475. The monoisotopic (exact) mass is 524 g/mol. The Hall–Kier alpha value is -5.37. The molecule has 0 saturated heterocycles. The normalized spacial score (nSPS) is 11.6. The maximum absolute atomic E-state index is 15.2. The largest absolute Gasteiger partial charge is 0.383 e. The van der Waals surface area contributed by atoms with E-state index in [2.05, 4.69) is 30.6 Å². The van der Waals surface area contributed by atoms with Crippen molar-refractivity contribution in [3.05, 3.63) is 101 Å². The molecule has 1 atom stereocenters. The summed E-state index contributed by atoms with van der Waals surface area (Å²) in [5, 5.41) is 15.7. The Morgan fingerprint density at radius 3 is 2.64 bits per heavy atom. The maximum Gasteiger partial charge on any atom is 0.255 e. The molecule has 5 aromatic rings. The topological polar surface area (TPSA) is 145 Å². The van der Waals surface area contributed by atoms with Crippen molar-refractivity contribution < 1.29 is 13.6 Å². The molecule has 2 aromatic carbocycles. The number of nitrogens with two attached hydrogens (primary N) is 1. The van der Waals surface area contributed by atoms with Crippen molar-refractivity contribution in [2.45, 2.75) is 19.5 Å². The number of halogens is 2. The van der Waals surface area contributed by atoms with E-state index in [1.165, 1.54) is 36.8 Å². The predicted octanol–water partition coefficient (Wildman–Crippen LogP) is 4.86. The summed E-state index contributed by atoms with van der Waals surface area (Å²) >= 11 is 0. The van der Waals surface area contributed by atoms with Crippen molar-refractivity contribution in [3.63, 3.8) is 0 Å². The number of pyridine rings is 1. The lowest BCUT2D eigenvalue weighted by atomic mass is 10.0. The summed E-state index contributed by atoms with van der Waals surface area (Å²) in [6.07, 6.45) is 4.30. The third-order valence-electron chi connectivity index (χ3n) is 6.26. The van der Waals surface area contributed by atoms with Gasteiger partial charge in [-0.15, -0.1) is 0 Å². The number of hydrogen-bond donors (Lipinski definition) is 4. The highest BCUT2D eigenvalue weighted by Crippen LogP contribution is 2.32. The fourth-order valence-electron chi connectivity index (χ4n) is 4.22. The summed E-state index contributed by atoms with van der Waals surface area (Å²) in [6, 6.07) is 13.5. The molecule has 3 aromatic heterocycles. The first-order chi connectivity index (χ1) is 18.8. The van der Waals surface area contributed by atoms with Gasteiger partial charge in [-0.3, -0.25) is 4.79 Å². The smallest absolute Gasteiger partial charge is 0.255 e. The first-order valence-corrected chi connectivity index (χ1v) is 11.9. The molecule has 194 valence electrons. The number of nitrogens with one attached hydrogen (secondary N) is 3. The van der Waals surface area contributed by atoms with E-state index < -0.39 is 17.8 Å². The Labute approximate surface area is 221 Å². The molecule has 1 amide bonds. The van der Waals surface area contributed by atoms with Crippen molar-refractivity contribution >= 4 is 28.6 Å². The number of nitrogen functional groups attached to an aromatic ring is 1. The van der Waals surface area contributed by atoms with E-state index in [0.29, 0.717) is 33.3 Å². The van der Waals surface area contributed by atoms with Gasteiger partial charge in [0.1, 0.15) is 41.3 Å². The van der Waals surface area contributed by atoms with E-state index >= 15 is 4.39 Å². The van der Waals surface area contributed by atoms with Gasteiger partial charge in [-0.25, -0.2) is 23.7 Å². The minimum absolute atomic E-state index is 0.148. The molecule has 0 spiro atoms. The van der Waals surface area contributed by atoms with Gasteiger partial charge in [0.2, 0.25) is 0 Å². The molecular formula is C28H22F2N8O. The Kier molecular flexibility index (Phi) is 6.84. The molecule has 0 fully saturated rings. The highest BCUT2D eigenvalue weighted by Gasteiger charge is 2.18. The van der Waals surface area contributed by atoms with Gasteiger partial charge < -0.3 is 21.4 Å². The number of amides is 1. The van der Waals surface area contributed by atoms with Gasteiger partial charge in [0, 0.05) is 30.1 Å². The van der Waals surface area contributed by atoms with Crippen LogP contribution in [0.4, 0.5) is 20.4 Å². The molecule has 39 heavy (non-hydrogen) atoms. The summed E-state index contributed by atoms with van der Waals surface area (Å²) in [7, 11) is 0. The quantitative estimate of drug-likeness (QED) is 0.238. The van der Waals surface area contributed by atoms with Gasteiger partial charge in [-0.1, -0.05) is 24.3 Å². The zero-order chi connectivity index (χ0) is 27.5. The standard InChI is InChI=1S/C28H22F2N8O/c1-15(18-3-5-19(29)6-4-18)38-28(39)21-8-17(10-31)12-34-26(21)33-11-16-2-7-20(23(30)9-16)22-13-35-27-24(22)25(32)36-14-37-27/h2-9,12-15H,11H2,1H3,(H,33,34)(H,38,39)(H3,32,35,36,37). The molecule has 5 N–H and O–H groups in total. The molecule has 5 rings (SSSR count). The van der Waals surface area contributed by atoms with E-state index in [1.54, 1.807) is 37.4 Å². The van der Waals surface area contributed by atoms with Crippen LogP contribution in [-0.2, 0) is 6.54 Å². The van der Waals surface area contributed by atoms with Crippen LogP contribution < -0.4 is 16.4 Å². The Morgan fingerprint density at radius 2 is 1.90 bits per heavy atom. The Bertz CT molecular complexity index is 1730. The number of aromatic nitrogens is 4. The fraction of sp³-hybridized carbons (Fsp3) is 0.107. The SMILES string of the molecule is CC(NC(=O)c1cc(C#N)cnc1NCc1ccc(-c2c[nH]c3ncnc(N)c23)c(F)c1)c1ccc(F)cc1. The Balaban J connectivity index is 1.35. The summed E-state index contributed by atoms with van der Waals surface area (Å²) < 4.78 is 28.4. The molecule has 0 aliphatic carbocycles. The van der Waals surface area contributed by atoms with E-state index in [9.17, 15) is 14.4 Å². The van der Waals surface area contributed by atoms with Crippen LogP contribution in [0.1, 0.15) is 40.0 Å². The highest BCUT2D eigenvalue weighted by atomic mass is 19.1. The second kappa shape index (κ2) is 10.5. The number of benzene rings is 2. The van der Waals surface area contributed by atoms with Crippen molar-refractivity contribution in [1.29, 1.82) is 5.26 Å². The lowest BCUT2D eigenvalue weighted by Gasteiger charge is -2.17. The zero-order valence-corrected chi connectivity index (χ0v) is 20.7. The summed E-state index contributed by atoms with van der Waals surface area (Å²) in [4.78, 5) is 28.4. The first kappa shape index (κ1) is 25.3. The van der Waals surface area contributed by atoms with Crippen molar-refractivity contribution in [2.24, 2.45) is 0 Å². The van der Waals surface area contributed by atoms with Gasteiger partial charge >= 0.3 is 0 Å². The van der Waals surface area contributed by atoms with Gasteiger partial charge in [0.15, 0.2) is 0 Å². The molecule has 0 saturated carbocycles. The molecule has 0 bridgehead atoms. The van der Waals surface area contributed by atoms with Crippen LogP contribution in [0.2, 0.25) is 0 Å². The number of rotatable bonds is 7. The van der Waals surface area contributed by atoms with Crippen LogP contribution in [0.15, 0.2) is 67.3 Å². The molecule has 11 heteroatoms. The van der Waals surface area contributed by atoms with Crippen molar-refractivity contribution in [3.8, 4) is 17.2 Å². The van der Waals surface area contributed by atoms with Gasteiger partial charge in [-0.2, -0.15) is 5.26 Å². The average Bonchev–Trinajstić information content (AvgIpc) is 3.37. The van der Waals surface area contributed by atoms with Crippen LogP contribution in [0.25, 0.3) is 22.2 Å². The van der Waals surface area contributed by atoms with Crippen molar-refractivity contribution in [1.82, 2.24) is 25.3 Å². The number of aromatic amines is 1. The molecule has 1 unspecified atom stereocenters. The Morgan fingerprint density at radius 1 is 1.10 bits per heavy atom. The molecule has 0 radical (unpaired) electrons. The second-order valence-electron chi connectivity index (χ2n) is 8.83. The van der Waals surface area contributed by atoms with E-state index in [1.807, 2.05) is 6.07 Å². The number of H-pyrrole nitrogens is 1.